The summed E-state index contributed by atoms with van der Waals surface area (Å²) >= 11 is 0. The highest BCUT2D eigenvalue weighted by Crippen LogP contribution is 2.12. The Hall–Kier alpha value is -1.00. The molecule has 7 nitrogen and oxygen atoms in total. The molecule has 1 aromatic rings. The van der Waals surface area contributed by atoms with Gasteiger partial charge in [-0.3, -0.25) is 0 Å². The number of aryl methyl sites for hydroxylation is 2. The van der Waals surface area contributed by atoms with Gasteiger partial charge in [0.1, 0.15) is 12.4 Å². The van der Waals surface area contributed by atoms with Crippen molar-refractivity contribution in [3.05, 3.63) is 22.8 Å². The van der Waals surface area contributed by atoms with Crippen molar-refractivity contribution >= 4 is 20.4 Å². The zero-order valence-electron chi connectivity index (χ0n) is 9.02. The van der Waals surface area contributed by atoms with Gasteiger partial charge in [0, 0.05) is 5.75 Å². The van der Waals surface area contributed by atoms with Crippen molar-refractivity contribution in [2.24, 2.45) is 7.05 Å². The fourth-order valence-corrected chi connectivity index (χ4v) is 3.11. The molecule has 0 aliphatic carbocycles. The molecule has 0 spiro atoms. The van der Waals surface area contributed by atoms with Crippen LogP contribution in [-0.4, -0.2) is 27.2 Å². The first-order valence-electron chi connectivity index (χ1n) is 4.60. The first-order valence-corrected chi connectivity index (χ1v) is 7.55. The molecule has 1 rings (SSSR count). The van der Waals surface area contributed by atoms with Crippen molar-refractivity contribution in [2.45, 2.75) is 13.0 Å². The Morgan fingerprint density at radius 1 is 1.35 bits per heavy atom. The lowest BCUT2D eigenvalue weighted by Gasteiger charge is -2.13. The van der Waals surface area contributed by atoms with Crippen LogP contribution in [0.2, 0.25) is 0 Å². The van der Waals surface area contributed by atoms with Crippen LogP contribution in [0, 0.1) is 0 Å². The Bertz CT molecular complexity index is 578. The lowest BCUT2D eigenvalue weighted by Crippen LogP contribution is -2.23. The van der Waals surface area contributed by atoms with Crippen LogP contribution in [0.1, 0.15) is 6.42 Å². The second-order valence-corrected chi connectivity index (χ2v) is 6.44. The summed E-state index contributed by atoms with van der Waals surface area (Å²) in [5.74, 6) is -0.516. The number of sulfonamides is 1. The van der Waals surface area contributed by atoms with Crippen LogP contribution in [0.3, 0.4) is 0 Å². The molecule has 0 bridgehead atoms. The monoisotopic (exact) mass is 285 g/mol. The molecule has 0 amide bonds. The first-order chi connectivity index (χ1) is 7.68. The molecule has 10 heteroatoms. The first kappa shape index (κ1) is 14.1. The summed E-state index contributed by atoms with van der Waals surface area (Å²) in [6.07, 6.45) is 5.38. The molecule has 0 saturated carbocycles. The van der Waals surface area contributed by atoms with E-state index in [1.807, 2.05) is 0 Å². The van der Waals surface area contributed by atoms with E-state index in [2.05, 4.69) is 4.13 Å². The molecule has 17 heavy (non-hydrogen) atoms. The highest BCUT2D eigenvalue weighted by Gasteiger charge is 2.08. The second-order valence-electron chi connectivity index (χ2n) is 3.44. The van der Waals surface area contributed by atoms with E-state index in [9.17, 15) is 20.7 Å². The summed E-state index contributed by atoms with van der Waals surface area (Å²) < 4.78 is 59.9. The number of imidazole rings is 1. The second kappa shape index (κ2) is 5.10. The fourth-order valence-electron chi connectivity index (χ4n) is 1.24. The van der Waals surface area contributed by atoms with Gasteiger partial charge in [0.25, 0.3) is 0 Å². The molecule has 1 heterocycles. The van der Waals surface area contributed by atoms with Crippen LogP contribution in [0.25, 0.3) is 4.13 Å². The van der Waals surface area contributed by atoms with Gasteiger partial charge in [0.2, 0.25) is 16.7 Å². The fraction of sp³-hybridized carbons (Fsp3) is 0.571. The van der Waals surface area contributed by atoms with Crippen molar-refractivity contribution < 1.29 is 25.3 Å². The van der Waals surface area contributed by atoms with E-state index in [1.54, 1.807) is 34.9 Å². The number of aromatic nitrogens is 2. The lowest BCUT2D eigenvalue weighted by atomic mass is 10.5. The standard InChI is InChI=1S/C7H12FN3O4S2/c1-10-4-5-11(7-10)3-2-6-16(12,13)9-17(8,14)15/h4-5,7H,2-3,6H2,1H3. The predicted molar refractivity (Wildman–Crippen MR) is 57.4 cm³/mol. The van der Waals surface area contributed by atoms with Crippen molar-refractivity contribution in [2.75, 3.05) is 5.75 Å². The highest BCUT2D eigenvalue weighted by atomic mass is 32.3. The Morgan fingerprint density at radius 2 is 2.00 bits per heavy atom. The molecular weight excluding hydrogens is 273 g/mol. The quantitative estimate of drug-likeness (QED) is 0.526. The summed E-state index contributed by atoms with van der Waals surface area (Å²) in [7, 11) is -7.80. The number of hydrogen-bond acceptors (Lipinski definition) is 4. The van der Waals surface area contributed by atoms with E-state index >= 15 is 0 Å². The van der Waals surface area contributed by atoms with Gasteiger partial charge in [-0.25, -0.2) is 26.0 Å². The maximum absolute atomic E-state index is 12.1. The molecule has 0 aliphatic rings. The predicted octanol–water partition coefficient (Wildman–Crippen LogP) is -0.380. The molecule has 0 aliphatic heterocycles. The van der Waals surface area contributed by atoms with Crippen LogP contribution in [-0.2, 0) is 34.0 Å². The Kier molecular flexibility index (Phi) is 4.22. The SMILES string of the molecule is C[n+]1ccn(CCCS(=O)(=O)[N-]S(=O)(=O)F)c1. The van der Waals surface area contributed by atoms with Crippen molar-refractivity contribution in [1.82, 2.24) is 4.57 Å². The largest absolute Gasteiger partial charge is 0.408 e. The van der Waals surface area contributed by atoms with E-state index in [4.69, 9.17) is 0 Å². The minimum Gasteiger partial charge on any atom is -0.408 e. The lowest BCUT2D eigenvalue weighted by molar-refractivity contribution is -0.671. The third-order valence-electron chi connectivity index (χ3n) is 1.84. The summed E-state index contributed by atoms with van der Waals surface area (Å²) in [5.41, 5.74) is 0. The van der Waals surface area contributed by atoms with Gasteiger partial charge >= 0.3 is 0 Å². The van der Waals surface area contributed by atoms with Crippen LogP contribution in [0.4, 0.5) is 3.89 Å². The third kappa shape index (κ3) is 5.75. The van der Waals surface area contributed by atoms with Crippen LogP contribution >= 0.6 is 0 Å². The van der Waals surface area contributed by atoms with Crippen molar-refractivity contribution in [3.63, 3.8) is 0 Å². The topological polar surface area (TPSA) is 91.2 Å². The van der Waals surface area contributed by atoms with E-state index in [0.717, 1.165) is 0 Å². The average molecular weight is 285 g/mol. The zero-order chi connectivity index (χ0) is 13.1. The van der Waals surface area contributed by atoms with E-state index in [-0.39, 0.29) is 6.42 Å². The van der Waals surface area contributed by atoms with Crippen LogP contribution < -0.4 is 4.57 Å². The summed E-state index contributed by atoms with van der Waals surface area (Å²) in [5, 5.41) is 0. The maximum Gasteiger partial charge on any atom is 0.243 e. The molecular formula is C7H12FN3O4S2. The van der Waals surface area contributed by atoms with Crippen molar-refractivity contribution in [3.8, 4) is 0 Å². The number of hydrogen-bond donors (Lipinski definition) is 0. The minimum absolute atomic E-state index is 0.149. The minimum atomic E-state index is -5.35. The van der Waals surface area contributed by atoms with Gasteiger partial charge in [-0.1, -0.05) is 0 Å². The Morgan fingerprint density at radius 3 is 2.47 bits per heavy atom. The Labute approximate surface area is 99.3 Å². The van der Waals surface area contributed by atoms with Crippen LogP contribution in [0.15, 0.2) is 18.7 Å². The summed E-state index contributed by atoms with van der Waals surface area (Å²) in [6, 6.07) is 0. The number of nitrogens with zero attached hydrogens (tertiary/aromatic N) is 3. The van der Waals surface area contributed by atoms with Gasteiger partial charge in [0.15, 0.2) is 0 Å². The van der Waals surface area contributed by atoms with E-state index in [0.29, 0.717) is 6.54 Å². The maximum atomic E-state index is 12.1. The van der Waals surface area contributed by atoms with Crippen LogP contribution in [0.5, 0.6) is 0 Å². The molecule has 0 radical (unpaired) electrons. The Balaban J connectivity index is 2.46. The summed E-state index contributed by atoms with van der Waals surface area (Å²) in [6.45, 7) is 0.377. The van der Waals surface area contributed by atoms with Gasteiger partial charge in [-0.15, -0.1) is 3.89 Å². The molecule has 0 atom stereocenters. The van der Waals surface area contributed by atoms with Gasteiger partial charge in [-0.05, 0) is 6.42 Å². The molecule has 0 fully saturated rings. The number of rotatable bonds is 6. The van der Waals surface area contributed by atoms with Gasteiger partial charge in [0.05, 0.1) is 23.6 Å². The van der Waals surface area contributed by atoms with E-state index in [1.165, 1.54) is 0 Å². The molecule has 1 aromatic heterocycles. The van der Waals surface area contributed by atoms with Crippen molar-refractivity contribution in [1.29, 1.82) is 0 Å². The molecule has 0 saturated heterocycles. The molecule has 98 valence electrons. The molecule has 0 N–H and O–H groups in total. The third-order valence-corrected chi connectivity index (χ3v) is 4.27. The van der Waals surface area contributed by atoms with Gasteiger partial charge < -0.3 is 4.13 Å². The zero-order valence-corrected chi connectivity index (χ0v) is 10.7. The number of halogens is 1. The molecule has 0 unspecified atom stereocenters. The smallest absolute Gasteiger partial charge is 0.243 e. The summed E-state index contributed by atoms with van der Waals surface area (Å²) in [4.78, 5) is 0. The van der Waals surface area contributed by atoms with E-state index < -0.39 is 26.2 Å². The normalized spacial score (nSPS) is 12.8. The molecule has 0 aromatic carbocycles. The average Bonchev–Trinajstić information content (AvgIpc) is 2.46. The highest BCUT2D eigenvalue weighted by molar-refractivity contribution is 8.10. The van der Waals surface area contributed by atoms with Gasteiger partial charge in [-0.2, -0.15) is 0 Å².